The number of H-pyrrole nitrogens is 1. The van der Waals surface area contributed by atoms with E-state index in [9.17, 15) is 13.2 Å². The molecule has 6 nitrogen and oxygen atoms in total. The van der Waals surface area contributed by atoms with Crippen molar-refractivity contribution in [1.82, 2.24) is 25.2 Å². The Balaban J connectivity index is 1.31. The standard InChI is InChI=1S/C24H29F3N6/c25-24(26,27)20-14-30-23(32-22(20)19-13-29-21-4-2-1-3-18(19)21)31-17-8-12-33(15-17)11-7-16-5-9-28-10-6-16/h1-4,13-14,16-17,28-29H,5-12,15H2,(H,30,31,32)/t17-/m1/s1. The minimum atomic E-state index is -4.54. The van der Waals surface area contributed by atoms with Gasteiger partial charge in [-0.05, 0) is 57.3 Å². The van der Waals surface area contributed by atoms with Gasteiger partial charge in [0.25, 0.3) is 0 Å². The van der Waals surface area contributed by atoms with Crippen LogP contribution >= 0.6 is 0 Å². The van der Waals surface area contributed by atoms with E-state index in [1.54, 1.807) is 12.3 Å². The average Bonchev–Trinajstić information content (AvgIpc) is 3.44. The summed E-state index contributed by atoms with van der Waals surface area (Å²) in [5.41, 5.74) is 0.276. The maximum Gasteiger partial charge on any atom is 0.419 e. The molecule has 0 radical (unpaired) electrons. The van der Waals surface area contributed by atoms with Crippen LogP contribution in [0.25, 0.3) is 22.2 Å². The Bertz CT molecular complexity index is 1090. The first kappa shape index (κ1) is 22.2. The van der Waals surface area contributed by atoms with E-state index in [0.29, 0.717) is 10.9 Å². The molecule has 1 aromatic carbocycles. The highest BCUT2D eigenvalue weighted by molar-refractivity contribution is 5.95. The van der Waals surface area contributed by atoms with Crippen molar-refractivity contribution in [2.75, 3.05) is 38.0 Å². The topological polar surface area (TPSA) is 68.9 Å². The fourth-order valence-corrected chi connectivity index (χ4v) is 5.00. The molecule has 0 amide bonds. The number of fused-ring (bicyclic) bond motifs is 1. The van der Waals surface area contributed by atoms with Gasteiger partial charge in [-0.3, -0.25) is 0 Å². The number of nitrogens with one attached hydrogen (secondary N) is 3. The van der Waals surface area contributed by atoms with Gasteiger partial charge in [-0.15, -0.1) is 0 Å². The molecule has 5 rings (SSSR count). The summed E-state index contributed by atoms with van der Waals surface area (Å²) < 4.78 is 41.2. The molecule has 3 N–H and O–H groups in total. The number of piperidine rings is 1. The zero-order chi connectivity index (χ0) is 22.8. The summed E-state index contributed by atoms with van der Waals surface area (Å²) in [6.07, 6.45) is 2.57. The third-order valence-electron chi connectivity index (χ3n) is 6.86. The number of hydrogen-bond donors (Lipinski definition) is 3. The van der Waals surface area contributed by atoms with Crippen molar-refractivity contribution in [3.05, 3.63) is 42.2 Å². The van der Waals surface area contributed by atoms with Gasteiger partial charge in [-0.25, -0.2) is 9.97 Å². The van der Waals surface area contributed by atoms with E-state index >= 15 is 0 Å². The van der Waals surface area contributed by atoms with Gasteiger partial charge in [0, 0.05) is 48.0 Å². The minimum absolute atomic E-state index is 0.0989. The first-order valence-electron chi connectivity index (χ1n) is 11.7. The fraction of sp³-hybridized carbons (Fsp3) is 0.500. The first-order chi connectivity index (χ1) is 16.0. The lowest BCUT2D eigenvalue weighted by molar-refractivity contribution is -0.137. The minimum Gasteiger partial charge on any atom is -0.360 e. The second kappa shape index (κ2) is 9.30. The van der Waals surface area contributed by atoms with E-state index in [0.717, 1.165) is 56.8 Å². The third-order valence-corrected chi connectivity index (χ3v) is 6.86. The van der Waals surface area contributed by atoms with E-state index in [1.807, 2.05) is 18.2 Å². The van der Waals surface area contributed by atoms with Crippen LogP contribution in [-0.2, 0) is 6.18 Å². The smallest absolute Gasteiger partial charge is 0.360 e. The third kappa shape index (κ3) is 4.99. The number of benzene rings is 1. The Hall–Kier alpha value is -2.65. The summed E-state index contributed by atoms with van der Waals surface area (Å²) in [5.74, 6) is 1.03. The van der Waals surface area contributed by atoms with Gasteiger partial charge in [0.1, 0.15) is 5.56 Å². The number of halogens is 3. The number of aromatic amines is 1. The molecule has 33 heavy (non-hydrogen) atoms. The molecule has 176 valence electrons. The predicted molar refractivity (Wildman–Crippen MR) is 123 cm³/mol. The highest BCUT2D eigenvalue weighted by Crippen LogP contribution is 2.38. The monoisotopic (exact) mass is 458 g/mol. The van der Waals surface area contributed by atoms with E-state index in [-0.39, 0.29) is 17.7 Å². The summed E-state index contributed by atoms with van der Waals surface area (Å²) in [6.45, 7) is 5.13. The molecule has 0 saturated carbocycles. The quantitative estimate of drug-likeness (QED) is 0.507. The summed E-state index contributed by atoms with van der Waals surface area (Å²) >= 11 is 0. The van der Waals surface area contributed by atoms with Crippen molar-refractivity contribution >= 4 is 16.9 Å². The van der Waals surface area contributed by atoms with Crippen LogP contribution in [0.2, 0.25) is 0 Å². The summed E-state index contributed by atoms with van der Waals surface area (Å²) in [6, 6.07) is 7.42. The SMILES string of the molecule is FC(F)(F)c1cnc(N[C@@H]2CCN(CCC3CCNCC3)C2)nc1-c1c[nH]c2ccccc12. The Kier molecular flexibility index (Phi) is 6.25. The lowest BCUT2D eigenvalue weighted by Crippen LogP contribution is -2.32. The molecule has 2 fully saturated rings. The number of aromatic nitrogens is 3. The van der Waals surface area contributed by atoms with Gasteiger partial charge in [0.05, 0.1) is 5.69 Å². The molecule has 3 aromatic rings. The van der Waals surface area contributed by atoms with Crippen LogP contribution < -0.4 is 10.6 Å². The van der Waals surface area contributed by atoms with Crippen molar-refractivity contribution in [2.45, 2.75) is 37.9 Å². The fourth-order valence-electron chi connectivity index (χ4n) is 5.00. The van der Waals surface area contributed by atoms with Crippen LogP contribution in [0.5, 0.6) is 0 Å². The molecule has 0 unspecified atom stereocenters. The van der Waals surface area contributed by atoms with Gasteiger partial charge >= 0.3 is 6.18 Å². The van der Waals surface area contributed by atoms with Gasteiger partial charge < -0.3 is 20.5 Å². The Morgan fingerprint density at radius 2 is 1.94 bits per heavy atom. The molecule has 2 aromatic heterocycles. The van der Waals surface area contributed by atoms with Crippen molar-refractivity contribution in [3.63, 3.8) is 0 Å². The lowest BCUT2D eigenvalue weighted by atomic mass is 9.94. The number of para-hydroxylation sites is 1. The largest absolute Gasteiger partial charge is 0.419 e. The van der Waals surface area contributed by atoms with E-state index in [2.05, 4.69) is 30.5 Å². The molecule has 4 heterocycles. The number of nitrogens with zero attached hydrogens (tertiary/aromatic N) is 3. The summed E-state index contributed by atoms with van der Waals surface area (Å²) in [7, 11) is 0. The van der Waals surface area contributed by atoms with Gasteiger partial charge in [0.15, 0.2) is 0 Å². The van der Waals surface area contributed by atoms with Crippen LogP contribution in [0.1, 0.15) is 31.2 Å². The number of hydrogen-bond acceptors (Lipinski definition) is 5. The van der Waals surface area contributed by atoms with Gasteiger partial charge in [0.2, 0.25) is 5.95 Å². The number of likely N-dealkylation sites (tertiary alicyclic amines) is 1. The highest BCUT2D eigenvalue weighted by Gasteiger charge is 2.36. The first-order valence-corrected chi connectivity index (χ1v) is 11.7. The zero-order valence-corrected chi connectivity index (χ0v) is 18.5. The number of rotatable bonds is 6. The van der Waals surface area contributed by atoms with Gasteiger partial charge in [-0.1, -0.05) is 18.2 Å². The van der Waals surface area contributed by atoms with Gasteiger partial charge in [-0.2, -0.15) is 13.2 Å². The Morgan fingerprint density at radius 1 is 1.12 bits per heavy atom. The maximum atomic E-state index is 13.7. The Morgan fingerprint density at radius 3 is 2.76 bits per heavy atom. The molecule has 0 aliphatic carbocycles. The molecule has 0 spiro atoms. The Labute approximate surface area is 191 Å². The number of anilines is 1. The average molecular weight is 459 g/mol. The van der Waals surface area contributed by atoms with Crippen molar-refractivity contribution in [1.29, 1.82) is 0 Å². The second-order valence-corrected chi connectivity index (χ2v) is 9.11. The van der Waals surface area contributed by atoms with E-state index < -0.39 is 11.7 Å². The van der Waals surface area contributed by atoms with Crippen LogP contribution in [0.4, 0.5) is 19.1 Å². The maximum absolute atomic E-state index is 13.7. The van der Waals surface area contributed by atoms with Crippen LogP contribution in [-0.4, -0.2) is 58.6 Å². The summed E-state index contributed by atoms with van der Waals surface area (Å²) in [4.78, 5) is 13.9. The van der Waals surface area contributed by atoms with Crippen molar-refractivity contribution < 1.29 is 13.2 Å². The van der Waals surface area contributed by atoms with Crippen LogP contribution in [0.15, 0.2) is 36.7 Å². The second-order valence-electron chi connectivity index (χ2n) is 9.11. The summed E-state index contributed by atoms with van der Waals surface area (Å²) in [5, 5.41) is 7.40. The molecule has 0 bridgehead atoms. The predicted octanol–water partition coefficient (Wildman–Crippen LogP) is 4.52. The van der Waals surface area contributed by atoms with Crippen LogP contribution in [0, 0.1) is 5.92 Å². The van der Waals surface area contributed by atoms with Crippen LogP contribution in [0.3, 0.4) is 0 Å². The zero-order valence-electron chi connectivity index (χ0n) is 18.5. The number of alkyl halides is 3. The lowest BCUT2D eigenvalue weighted by Gasteiger charge is -2.25. The molecular weight excluding hydrogens is 429 g/mol. The van der Waals surface area contributed by atoms with Crippen molar-refractivity contribution in [3.8, 4) is 11.3 Å². The normalized spacial score (nSPS) is 20.5. The van der Waals surface area contributed by atoms with E-state index in [4.69, 9.17) is 0 Å². The highest BCUT2D eigenvalue weighted by atomic mass is 19.4. The van der Waals surface area contributed by atoms with Crippen molar-refractivity contribution in [2.24, 2.45) is 5.92 Å². The molecule has 9 heteroatoms. The molecule has 2 saturated heterocycles. The van der Waals surface area contributed by atoms with E-state index in [1.165, 1.54) is 19.3 Å². The molecular formula is C24H29F3N6. The molecule has 1 atom stereocenters. The molecule has 2 aliphatic heterocycles. The molecule has 2 aliphatic rings.